The van der Waals surface area contributed by atoms with E-state index in [0.29, 0.717) is 6.54 Å². The van der Waals surface area contributed by atoms with E-state index < -0.39 is 0 Å². The second kappa shape index (κ2) is 11.3. The number of nitrogens with zero attached hydrogens (tertiary/aromatic N) is 4. The SMILES string of the molecule is CN=C(NCCc1cnn(-c2ccccc2)c1)NCC1(C(=O)N(C)C)CCCC1.I. The topological polar surface area (TPSA) is 74.5 Å². The smallest absolute Gasteiger partial charge is 0.230 e. The lowest BCUT2D eigenvalue weighted by Crippen LogP contribution is -2.49. The number of nitrogens with one attached hydrogen (secondary N) is 2. The summed E-state index contributed by atoms with van der Waals surface area (Å²) in [5, 5.41) is 11.2. The second-order valence-corrected chi connectivity index (χ2v) is 7.92. The molecule has 1 aliphatic rings. The number of aliphatic imine (C=N–C) groups is 1. The van der Waals surface area contributed by atoms with Gasteiger partial charge in [-0.3, -0.25) is 9.79 Å². The van der Waals surface area contributed by atoms with E-state index in [1.54, 1.807) is 11.9 Å². The summed E-state index contributed by atoms with van der Waals surface area (Å²) >= 11 is 0. The largest absolute Gasteiger partial charge is 0.356 e. The molecule has 2 N–H and O–H groups in total. The van der Waals surface area contributed by atoms with Gasteiger partial charge in [-0.25, -0.2) is 4.68 Å². The van der Waals surface area contributed by atoms with Gasteiger partial charge in [0.05, 0.1) is 17.3 Å². The van der Waals surface area contributed by atoms with Crippen molar-refractivity contribution in [3.05, 3.63) is 48.3 Å². The highest BCUT2D eigenvalue weighted by atomic mass is 127. The number of benzene rings is 1. The Morgan fingerprint density at radius 1 is 1.20 bits per heavy atom. The van der Waals surface area contributed by atoms with E-state index in [1.807, 2.05) is 55.3 Å². The van der Waals surface area contributed by atoms with Crippen molar-refractivity contribution in [1.29, 1.82) is 0 Å². The zero-order valence-corrected chi connectivity index (χ0v) is 20.4. The molecule has 1 heterocycles. The molecular formula is C22H33IN6O. The summed E-state index contributed by atoms with van der Waals surface area (Å²) in [6, 6.07) is 10.1. The summed E-state index contributed by atoms with van der Waals surface area (Å²) in [6.45, 7) is 1.37. The van der Waals surface area contributed by atoms with Crippen LogP contribution in [0.4, 0.5) is 0 Å². The monoisotopic (exact) mass is 524 g/mol. The van der Waals surface area contributed by atoms with Crippen molar-refractivity contribution in [3.8, 4) is 5.69 Å². The number of para-hydroxylation sites is 1. The number of carbonyl (C=O) groups is 1. The molecule has 30 heavy (non-hydrogen) atoms. The van der Waals surface area contributed by atoms with E-state index in [2.05, 4.69) is 26.9 Å². The molecule has 1 fully saturated rings. The first-order valence-electron chi connectivity index (χ1n) is 10.3. The molecule has 0 saturated heterocycles. The molecule has 1 aliphatic carbocycles. The van der Waals surface area contributed by atoms with Gasteiger partial charge in [0.1, 0.15) is 0 Å². The van der Waals surface area contributed by atoms with Gasteiger partial charge in [-0.2, -0.15) is 5.10 Å². The third kappa shape index (κ3) is 5.96. The average Bonchev–Trinajstić information content (AvgIpc) is 3.41. The number of halogens is 1. The van der Waals surface area contributed by atoms with Crippen LogP contribution >= 0.6 is 24.0 Å². The van der Waals surface area contributed by atoms with E-state index in [4.69, 9.17) is 0 Å². The highest BCUT2D eigenvalue weighted by Crippen LogP contribution is 2.38. The van der Waals surface area contributed by atoms with Crippen LogP contribution in [0.3, 0.4) is 0 Å². The Hall–Kier alpha value is -2.10. The normalized spacial score (nSPS) is 15.4. The minimum atomic E-state index is -0.308. The summed E-state index contributed by atoms with van der Waals surface area (Å²) < 4.78 is 1.89. The molecule has 1 saturated carbocycles. The fraction of sp³-hybridized carbons (Fsp3) is 0.500. The minimum absolute atomic E-state index is 0. The van der Waals surface area contributed by atoms with Gasteiger partial charge in [0.25, 0.3) is 0 Å². The molecule has 1 amide bonds. The summed E-state index contributed by atoms with van der Waals surface area (Å²) in [4.78, 5) is 18.7. The van der Waals surface area contributed by atoms with Crippen LogP contribution < -0.4 is 10.6 Å². The zero-order chi connectivity index (χ0) is 20.7. The van der Waals surface area contributed by atoms with Crippen LogP contribution in [0, 0.1) is 5.41 Å². The van der Waals surface area contributed by atoms with Crippen molar-refractivity contribution in [2.75, 3.05) is 34.2 Å². The third-order valence-electron chi connectivity index (χ3n) is 5.60. The van der Waals surface area contributed by atoms with Crippen molar-refractivity contribution in [2.24, 2.45) is 10.4 Å². The summed E-state index contributed by atoms with van der Waals surface area (Å²) in [7, 11) is 5.44. The molecule has 1 aromatic carbocycles. The number of amides is 1. The third-order valence-corrected chi connectivity index (χ3v) is 5.60. The fourth-order valence-corrected chi connectivity index (χ4v) is 4.00. The predicted molar refractivity (Wildman–Crippen MR) is 132 cm³/mol. The number of carbonyl (C=O) groups excluding carboxylic acids is 1. The lowest BCUT2D eigenvalue weighted by molar-refractivity contribution is -0.138. The second-order valence-electron chi connectivity index (χ2n) is 7.92. The highest BCUT2D eigenvalue weighted by molar-refractivity contribution is 14.0. The molecular weight excluding hydrogens is 491 g/mol. The summed E-state index contributed by atoms with van der Waals surface area (Å²) in [5.74, 6) is 0.949. The van der Waals surface area contributed by atoms with Gasteiger partial charge in [-0.1, -0.05) is 31.0 Å². The molecule has 2 aromatic rings. The lowest BCUT2D eigenvalue weighted by Gasteiger charge is -2.31. The molecule has 164 valence electrons. The standard InChI is InChI=1S/C22H32N6O.HI/c1-23-21(25-17-22(12-7-8-13-22)20(29)27(2)3)24-14-11-18-15-26-28(16-18)19-9-5-4-6-10-19;/h4-6,9-10,15-16H,7-8,11-14,17H2,1-3H3,(H2,23,24,25);1H. The molecule has 7 nitrogen and oxygen atoms in total. The van der Waals surface area contributed by atoms with E-state index >= 15 is 0 Å². The van der Waals surface area contributed by atoms with Gasteiger partial charge < -0.3 is 15.5 Å². The maximum atomic E-state index is 12.7. The van der Waals surface area contributed by atoms with Gasteiger partial charge >= 0.3 is 0 Å². The maximum Gasteiger partial charge on any atom is 0.230 e. The van der Waals surface area contributed by atoms with Crippen LogP contribution in [-0.4, -0.2) is 60.8 Å². The highest BCUT2D eigenvalue weighted by Gasteiger charge is 2.42. The van der Waals surface area contributed by atoms with Gasteiger partial charge in [0.15, 0.2) is 5.96 Å². The fourth-order valence-electron chi connectivity index (χ4n) is 4.00. The average molecular weight is 524 g/mol. The number of hydrogen-bond donors (Lipinski definition) is 2. The van der Waals surface area contributed by atoms with Crippen LogP contribution in [0.2, 0.25) is 0 Å². The van der Waals surface area contributed by atoms with E-state index in [0.717, 1.165) is 55.9 Å². The first kappa shape index (κ1) is 24.2. The lowest BCUT2D eigenvalue weighted by atomic mass is 9.84. The molecule has 0 spiro atoms. The first-order valence-corrected chi connectivity index (χ1v) is 10.3. The van der Waals surface area contributed by atoms with E-state index in [-0.39, 0.29) is 35.3 Å². The molecule has 0 aliphatic heterocycles. The Morgan fingerprint density at radius 2 is 1.90 bits per heavy atom. The summed E-state index contributed by atoms with van der Waals surface area (Å²) in [6.07, 6.45) is 8.89. The minimum Gasteiger partial charge on any atom is -0.356 e. The van der Waals surface area contributed by atoms with Crippen molar-refractivity contribution in [2.45, 2.75) is 32.1 Å². The summed E-state index contributed by atoms with van der Waals surface area (Å²) in [5.41, 5.74) is 1.90. The Bertz CT molecular complexity index is 827. The molecule has 3 rings (SSSR count). The quantitative estimate of drug-likeness (QED) is 0.332. The Kier molecular flexibility index (Phi) is 9.13. The molecule has 0 atom stereocenters. The number of rotatable bonds is 7. The molecule has 0 radical (unpaired) electrons. The molecule has 0 bridgehead atoms. The van der Waals surface area contributed by atoms with Crippen LogP contribution in [0.1, 0.15) is 31.2 Å². The number of aromatic nitrogens is 2. The number of hydrogen-bond acceptors (Lipinski definition) is 3. The molecule has 1 aromatic heterocycles. The number of guanidine groups is 1. The van der Waals surface area contributed by atoms with Gasteiger partial charge in [0.2, 0.25) is 5.91 Å². The molecule has 8 heteroatoms. The van der Waals surface area contributed by atoms with Crippen molar-refractivity contribution in [1.82, 2.24) is 25.3 Å². The van der Waals surface area contributed by atoms with Crippen LogP contribution in [0.5, 0.6) is 0 Å². The van der Waals surface area contributed by atoms with Crippen LogP contribution in [0.25, 0.3) is 5.69 Å². The van der Waals surface area contributed by atoms with Crippen LogP contribution in [0.15, 0.2) is 47.7 Å². The molecule has 0 unspecified atom stereocenters. The van der Waals surface area contributed by atoms with Crippen molar-refractivity contribution >= 4 is 35.8 Å². The van der Waals surface area contributed by atoms with Gasteiger partial charge in [-0.15, -0.1) is 24.0 Å². The Labute approximate surface area is 196 Å². The Morgan fingerprint density at radius 3 is 2.53 bits per heavy atom. The van der Waals surface area contributed by atoms with Gasteiger partial charge in [0, 0.05) is 40.4 Å². The predicted octanol–water partition coefficient (Wildman–Crippen LogP) is 2.85. The maximum absolute atomic E-state index is 12.7. The van der Waals surface area contributed by atoms with Crippen molar-refractivity contribution < 1.29 is 4.79 Å². The van der Waals surface area contributed by atoms with Gasteiger partial charge in [-0.05, 0) is 37.0 Å². The first-order chi connectivity index (χ1) is 14.0. The van der Waals surface area contributed by atoms with Crippen molar-refractivity contribution in [3.63, 3.8) is 0 Å². The zero-order valence-electron chi connectivity index (χ0n) is 18.1. The van der Waals surface area contributed by atoms with E-state index in [1.165, 1.54) is 0 Å². The van der Waals surface area contributed by atoms with Crippen LogP contribution in [-0.2, 0) is 11.2 Å². The Balaban J connectivity index is 0.00000320. The van der Waals surface area contributed by atoms with E-state index in [9.17, 15) is 4.79 Å².